The molecule has 4 bridgehead atoms. The summed E-state index contributed by atoms with van der Waals surface area (Å²) >= 11 is 0. The lowest BCUT2D eigenvalue weighted by atomic mass is 9.51. The minimum absolute atomic E-state index is 0.101. The van der Waals surface area contributed by atoms with Crippen LogP contribution in [0.3, 0.4) is 0 Å². The van der Waals surface area contributed by atoms with Crippen molar-refractivity contribution in [3.05, 3.63) is 0 Å². The van der Waals surface area contributed by atoms with Gasteiger partial charge in [0, 0.05) is 14.1 Å². The Morgan fingerprint density at radius 1 is 1.11 bits per heavy atom. The smallest absolute Gasteiger partial charge is 0.238 e. The number of nitrogens with zero attached hydrogens (tertiary/aromatic N) is 1. The molecule has 0 saturated heterocycles. The lowest BCUT2D eigenvalue weighted by molar-refractivity contribution is -0.131. The monoisotopic (exact) mass is 250 g/mol. The summed E-state index contributed by atoms with van der Waals surface area (Å²) in [6, 6.07) is -0.275. The number of likely N-dealkylation sites (N-methyl/N-ethyl adjacent to an activating group) is 1. The fourth-order valence-corrected chi connectivity index (χ4v) is 5.15. The van der Waals surface area contributed by atoms with Crippen LogP contribution in [0, 0.1) is 29.6 Å². The van der Waals surface area contributed by atoms with Crippen LogP contribution in [0.4, 0.5) is 0 Å². The molecule has 4 aliphatic rings. The molecule has 102 valence electrons. The van der Waals surface area contributed by atoms with Gasteiger partial charge < -0.3 is 10.6 Å². The normalized spacial score (nSPS) is 42.9. The maximum Gasteiger partial charge on any atom is 0.238 e. The molecule has 18 heavy (non-hydrogen) atoms. The number of rotatable bonds is 3. The van der Waals surface area contributed by atoms with E-state index in [1.165, 1.54) is 32.1 Å². The van der Waals surface area contributed by atoms with E-state index in [-0.39, 0.29) is 11.9 Å². The van der Waals surface area contributed by atoms with Gasteiger partial charge in [-0.05, 0) is 68.1 Å². The fourth-order valence-electron chi connectivity index (χ4n) is 5.15. The highest BCUT2D eigenvalue weighted by molar-refractivity contribution is 5.81. The second-order valence-corrected chi connectivity index (χ2v) is 7.17. The lowest BCUT2D eigenvalue weighted by Crippen LogP contribution is -2.49. The lowest BCUT2D eigenvalue weighted by Gasteiger charge is -2.55. The molecule has 0 heterocycles. The minimum atomic E-state index is -0.275. The third kappa shape index (κ3) is 2.07. The summed E-state index contributed by atoms with van der Waals surface area (Å²) in [5.74, 6) is 4.60. The predicted octanol–water partition coefficient (Wildman–Crippen LogP) is 1.86. The highest BCUT2D eigenvalue weighted by atomic mass is 16.2. The van der Waals surface area contributed by atoms with Gasteiger partial charge in [-0.15, -0.1) is 0 Å². The van der Waals surface area contributed by atoms with Crippen molar-refractivity contribution in [2.24, 2.45) is 35.3 Å². The van der Waals surface area contributed by atoms with E-state index in [1.807, 2.05) is 0 Å². The number of amides is 1. The van der Waals surface area contributed by atoms with E-state index in [0.29, 0.717) is 0 Å². The van der Waals surface area contributed by atoms with Crippen molar-refractivity contribution in [3.8, 4) is 0 Å². The molecular weight excluding hydrogens is 224 g/mol. The summed E-state index contributed by atoms with van der Waals surface area (Å²) in [5.41, 5.74) is 6.11. The van der Waals surface area contributed by atoms with Gasteiger partial charge >= 0.3 is 0 Å². The molecule has 3 nitrogen and oxygen atoms in total. The van der Waals surface area contributed by atoms with Crippen molar-refractivity contribution in [1.29, 1.82) is 0 Å². The summed E-state index contributed by atoms with van der Waals surface area (Å²) in [5, 5.41) is 0. The number of carbonyl (C=O) groups is 1. The van der Waals surface area contributed by atoms with Crippen LogP contribution in [0.1, 0.15) is 38.5 Å². The molecule has 2 N–H and O–H groups in total. The second kappa shape index (κ2) is 4.52. The molecule has 0 aliphatic heterocycles. The first-order valence-corrected chi connectivity index (χ1v) is 7.51. The van der Waals surface area contributed by atoms with Gasteiger partial charge in [-0.25, -0.2) is 0 Å². The van der Waals surface area contributed by atoms with Crippen LogP contribution in [-0.2, 0) is 4.79 Å². The number of carbonyl (C=O) groups excluding carboxylic acids is 1. The van der Waals surface area contributed by atoms with E-state index in [9.17, 15) is 4.79 Å². The Balaban J connectivity index is 1.65. The minimum Gasteiger partial charge on any atom is -0.347 e. The SMILES string of the molecule is CN(C)C(=O)C(N)CC1C2CC3CC(C2)CC1C3. The maximum absolute atomic E-state index is 11.9. The van der Waals surface area contributed by atoms with Crippen molar-refractivity contribution in [2.45, 2.75) is 44.6 Å². The van der Waals surface area contributed by atoms with Crippen LogP contribution in [0.5, 0.6) is 0 Å². The zero-order chi connectivity index (χ0) is 12.9. The Kier molecular flexibility index (Phi) is 3.13. The van der Waals surface area contributed by atoms with Gasteiger partial charge in [0.2, 0.25) is 5.91 Å². The average molecular weight is 250 g/mol. The Labute approximate surface area is 110 Å². The molecule has 1 amide bonds. The molecule has 4 aliphatic carbocycles. The van der Waals surface area contributed by atoms with Crippen LogP contribution < -0.4 is 5.73 Å². The van der Waals surface area contributed by atoms with Crippen LogP contribution in [0.2, 0.25) is 0 Å². The molecule has 4 fully saturated rings. The number of hydrogen-bond donors (Lipinski definition) is 1. The van der Waals surface area contributed by atoms with Crippen LogP contribution in [0.15, 0.2) is 0 Å². The molecule has 4 saturated carbocycles. The standard InChI is InChI=1S/C15H26N2O/c1-17(2)15(18)14(16)8-13-11-4-9-3-10(6-11)7-12(13)5-9/h9-14H,3-8,16H2,1-2H3. The molecule has 4 rings (SSSR count). The highest BCUT2D eigenvalue weighted by Crippen LogP contribution is 2.57. The summed E-state index contributed by atoms with van der Waals surface area (Å²) in [6.07, 6.45) is 8.08. The summed E-state index contributed by atoms with van der Waals surface area (Å²) in [4.78, 5) is 13.5. The van der Waals surface area contributed by atoms with E-state index in [0.717, 1.165) is 36.0 Å². The topological polar surface area (TPSA) is 46.3 Å². The van der Waals surface area contributed by atoms with Crippen LogP contribution in [-0.4, -0.2) is 30.9 Å². The van der Waals surface area contributed by atoms with Gasteiger partial charge in [0.15, 0.2) is 0 Å². The van der Waals surface area contributed by atoms with Crippen molar-refractivity contribution < 1.29 is 4.79 Å². The van der Waals surface area contributed by atoms with Gasteiger partial charge in [0.25, 0.3) is 0 Å². The average Bonchev–Trinajstić information content (AvgIpc) is 2.31. The molecule has 1 atom stereocenters. The first-order chi connectivity index (χ1) is 8.54. The Morgan fingerprint density at radius 3 is 2.06 bits per heavy atom. The van der Waals surface area contributed by atoms with E-state index in [2.05, 4.69) is 0 Å². The molecular formula is C15H26N2O. The quantitative estimate of drug-likeness (QED) is 0.831. The van der Waals surface area contributed by atoms with Crippen molar-refractivity contribution in [2.75, 3.05) is 14.1 Å². The zero-order valence-corrected chi connectivity index (χ0v) is 11.6. The summed E-state index contributed by atoms with van der Waals surface area (Å²) < 4.78 is 0. The molecule has 0 aromatic rings. The Bertz CT molecular complexity index is 311. The maximum atomic E-state index is 11.9. The van der Waals surface area contributed by atoms with Crippen LogP contribution >= 0.6 is 0 Å². The number of nitrogens with two attached hydrogens (primary N) is 1. The fraction of sp³-hybridized carbons (Fsp3) is 0.933. The second-order valence-electron chi connectivity index (χ2n) is 7.17. The van der Waals surface area contributed by atoms with E-state index in [4.69, 9.17) is 5.73 Å². The molecule has 0 aromatic heterocycles. The molecule has 0 aromatic carbocycles. The van der Waals surface area contributed by atoms with Gasteiger partial charge in [-0.1, -0.05) is 0 Å². The highest BCUT2D eigenvalue weighted by Gasteiger charge is 2.48. The molecule has 0 spiro atoms. The molecule has 1 unspecified atom stereocenters. The van der Waals surface area contributed by atoms with Crippen molar-refractivity contribution in [1.82, 2.24) is 4.90 Å². The Hall–Kier alpha value is -0.570. The van der Waals surface area contributed by atoms with Crippen molar-refractivity contribution in [3.63, 3.8) is 0 Å². The van der Waals surface area contributed by atoms with Gasteiger partial charge in [0.1, 0.15) is 0 Å². The van der Waals surface area contributed by atoms with E-state index < -0.39 is 0 Å². The van der Waals surface area contributed by atoms with E-state index >= 15 is 0 Å². The first-order valence-electron chi connectivity index (χ1n) is 7.51. The van der Waals surface area contributed by atoms with E-state index in [1.54, 1.807) is 19.0 Å². The van der Waals surface area contributed by atoms with Gasteiger partial charge in [-0.3, -0.25) is 4.79 Å². The molecule has 3 heteroatoms. The van der Waals surface area contributed by atoms with Gasteiger partial charge in [-0.2, -0.15) is 0 Å². The zero-order valence-electron chi connectivity index (χ0n) is 11.6. The third-order valence-corrected chi connectivity index (χ3v) is 5.71. The Morgan fingerprint density at radius 2 is 1.61 bits per heavy atom. The van der Waals surface area contributed by atoms with Crippen molar-refractivity contribution >= 4 is 5.91 Å². The number of hydrogen-bond acceptors (Lipinski definition) is 2. The predicted molar refractivity (Wildman–Crippen MR) is 71.8 cm³/mol. The largest absolute Gasteiger partial charge is 0.347 e. The van der Waals surface area contributed by atoms with Gasteiger partial charge in [0.05, 0.1) is 6.04 Å². The van der Waals surface area contributed by atoms with Crippen LogP contribution in [0.25, 0.3) is 0 Å². The first kappa shape index (κ1) is 12.5. The molecule has 0 radical (unpaired) electrons. The third-order valence-electron chi connectivity index (χ3n) is 5.71. The summed E-state index contributed by atoms with van der Waals surface area (Å²) in [6.45, 7) is 0. The summed E-state index contributed by atoms with van der Waals surface area (Å²) in [7, 11) is 3.61.